The maximum absolute atomic E-state index is 10.5. The van der Waals surface area contributed by atoms with Gasteiger partial charge in [0.05, 0.1) is 5.92 Å². The van der Waals surface area contributed by atoms with Crippen LogP contribution in [0.15, 0.2) is 23.8 Å². The van der Waals surface area contributed by atoms with Crippen LogP contribution in [0.4, 0.5) is 0 Å². The SMILES string of the molecule is CC(CC1=CCCC=C1)C(=O)O. The minimum absolute atomic E-state index is 0.265. The van der Waals surface area contributed by atoms with Gasteiger partial charge in [0, 0.05) is 0 Å². The Bertz CT molecular complexity index is 226. The highest BCUT2D eigenvalue weighted by atomic mass is 16.4. The fraction of sp³-hybridized carbons (Fsp3) is 0.500. The lowest BCUT2D eigenvalue weighted by Crippen LogP contribution is -2.10. The molecule has 1 unspecified atom stereocenters. The Morgan fingerprint density at radius 3 is 2.92 bits per heavy atom. The third kappa shape index (κ3) is 2.53. The number of hydrogen-bond acceptors (Lipinski definition) is 1. The summed E-state index contributed by atoms with van der Waals surface area (Å²) < 4.78 is 0. The van der Waals surface area contributed by atoms with E-state index < -0.39 is 5.97 Å². The molecule has 0 aromatic carbocycles. The molecule has 0 aliphatic heterocycles. The zero-order valence-electron chi connectivity index (χ0n) is 7.29. The van der Waals surface area contributed by atoms with Gasteiger partial charge < -0.3 is 5.11 Å². The molecule has 0 heterocycles. The molecule has 0 saturated heterocycles. The lowest BCUT2D eigenvalue weighted by atomic mass is 9.97. The second-order valence-electron chi connectivity index (χ2n) is 3.20. The van der Waals surface area contributed by atoms with Crippen molar-refractivity contribution in [2.75, 3.05) is 0 Å². The molecule has 0 spiro atoms. The molecule has 0 aromatic rings. The number of allylic oxidation sites excluding steroid dienone is 4. The normalized spacial score (nSPS) is 18.6. The summed E-state index contributed by atoms with van der Waals surface area (Å²) in [5.74, 6) is -0.978. The van der Waals surface area contributed by atoms with E-state index >= 15 is 0 Å². The Morgan fingerprint density at radius 2 is 2.42 bits per heavy atom. The van der Waals surface area contributed by atoms with Gasteiger partial charge in [0.25, 0.3) is 0 Å². The lowest BCUT2D eigenvalue weighted by molar-refractivity contribution is -0.141. The topological polar surface area (TPSA) is 37.3 Å². The van der Waals surface area contributed by atoms with Gasteiger partial charge in [0.2, 0.25) is 0 Å². The Balaban J connectivity index is 2.45. The molecule has 1 aliphatic carbocycles. The van der Waals surface area contributed by atoms with Crippen molar-refractivity contribution in [2.45, 2.75) is 26.2 Å². The van der Waals surface area contributed by atoms with Crippen LogP contribution in [0.5, 0.6) is 0 Å². The molecule has 0 fully saturated rings. The Kier molecular flexibility index (Phi) is 3.09. The molecule has 1 N–H and O–H groups in total. The van der Waals surface area contributed by atoms with Crippen molar-refractivity contribution in [3.63, 3.8) is 0 Å². The number of rotatable bonds is 3. The quantitative estimate of drug-likeness (QED) is 0.698. The van der Waals surface area contributed by atoms with Crippen molar-refractivity contribution in [2.24, 2.45) is 5.92 Å². The van der Waals surface area contributed by atoms with Gasteiger partial charge in [0.15, 0.2) is 0 Å². The average Bonchev–Trinajstić information content (AvgIpc) is 2.06. The summed E-state index contributed by atoms with van der Waals surface area (Å²) in [6, 6.07) is 0. The van der Waals surface area contributed by atoms with Crippen LogP contribution in [0, 0.1) is 5.92 Å². The first-order valence-electron chi connectivity index (χ1n) is 4.28. The zero-order valence-corrected chi connectivity index (χ0v) is 7.29. The minimum Gasteiger partial charge on any atom is -0.481 e. The fourth-order valence-electron chi connectivity index (χ4n) is 1.26. The molecular formula is C10H14O2. The highest BCUT2D eigenvalue weighted by molar-refractivity contribution is 5.70. The first kappa shape index (κ1) is 9.04. The number of carboxylic acid groups (broad SMARTS) is 1. The van der Waals surface area contributed by atoms with Gasteiger partial charge in [0.1, 0.15) is 0 Å². The number of hydrogen-bond donors (Lipinski definition) is 1. The summed E-state index contributed by atoms with van der Waals surface area (Å²) in [7, 11) is 0. The summed E-state index contributed by atoms with van der Waals surface area (Å²) in [6.45, 7) is 1.74. The third-order valence-corrected chi connectivity index (χ3v) is 2.04. The summed E-state index contributed by atoms with van der Waals surface area (Å²) in [6.07, 6.45) is 9.06. The Morgan fingerprint density at radius 1 is 1.67 bits per heavy atom. The fourth-order valence-corrected chi connectivity index (χ4v) is 1.26. The van der Waals surface area contributed by atoms with E-state index in [1.807, 2.05) is 6.08 Å². The van der Waals surface area contributed by atoms with Crippen LogP contribution in [0.2, 0.25) is 0 Å². The monoisotopic (exact) mass is 166 g/mol. The van der Waals surface area contributed by atoms with E-state index in [-0.39, 0.29) is 5.92 Å². The van der Waals surface area contributed by atoms with Crippen molar-refractivity contribution in [1.29, 1.82) is 0 Å². The van der Waals surface area contributed by atoms with Crippen molar-refractivity contribution in [3.05, 3.63) is 23.8 Å². The van der Waals surface area contributed by atoms with E-state index in [2.05, 4.69) is 12.2 Å². The predicted molar refractivity (Wildman–Crippen MR) is 47.9 cm³/mol. The first-order chi connectivity index (χ1) is 5.70. The predicted octanol–water partition coefficient (Wildman–Crippen LogP) is 2.37. The summed E-state index contributed by atoms with van der Waals surface area (Å²) in [5, 5.41) is 8.66. The molecule has 1 rings (SSSR count). The van der Waals surface area contributed by atoms with Gasteiger partial charge in [-0.3, -0.25) is 4.79 Å². The van der Waals surface area contributed by atoms with E-state index in [1.54, 1.807) is 6.92 Å². The van der Waals surface area contributed by atoms with E-state index in [0.29, 0.717) is 6.42 Å². The molecule has 0 amide bonds. The van der Waals surface area contributed by atoms with Crippen molar-refractivity contribution in [1.82, 2.24) is 0 Å². The van der Waals surface area contributed by atoms with Crippen molar-refractivity contribution >= 4 is 5.97 Å². The van der Waals surface area contributed by atoms with Crippen LogP contribution in [0.3, 0.4) is 0 Å². The molecular weight excluding hydrogens is 152 g/mol. The van der Waals surface area contributed by atoms with Gasteiger partial charge in [-0.15, -0.1) is 0 Å². The molecule has 1 atom stereocenters. The largest absolute Gasteiger partial charge is 0.481 e. The van der Waals surface area contributed by atoms with Gasteiger partial charge in [-0.05, 0) is 19.3 Å². The third-order valence-electron chi connectivity index (χ3n) is 2.04. The summed E-state index contributed by atoms with van der Waals surface area (Å²) >= 11 is 0. The molecule has 66 valence electrons. The lowest BCUT2D eigenvalue weighted by Gasteiger charge is -2.09. The van der Waals surface area contributed by atoms with E-state index in [0.717, 1.165) is 18.4 Å². The Hall–Kier alpha value is -1.05. The van der Waals surface area contributed by atoms with Crippen LogP contribution in [0.25, 0.3) is 0 Å². The second-order valence-corrected chi connectivity index (χ2v) is 3.20. The van der Waals surface area contributed by atoms with Gasteiger partial charge >= 0.3 is 5.97 Å². The van der Waals surface area contributed by atoms with Gasteiger partial charge in [-0.25, -0.2) is 0 Å². The van der Waals surface area contributed by atoms with Crippen LogP contribution >= 0.6 is 0 Å². The van der Waals surface area contributed by atoms with Crippen molar-refractivity contribution < 1.29 is 9.90 Å². The maximum Gasteiger partial charge on any atom is 0.306 e. The number of carboxylic acids is 1. The standard InChI is InChI=1S/C10H14O2/c1-8(10(11)12)7-9-5-3-2-4-6-9/h3,5-6,8H,2,4,7H2,1H3,(H,11,12). The number of aliphatic carboxylic acids is 1. The summed E-state index contributed by atoms with van der Waals surface area (Å²) in [5.41, 5.74) is 1.16. The van der Waals surface area contributed by atoms with E-state index in [4.69, 9.17) is 5.11 Å². The average molecular weight is 166 g/mol. The molecule has 0 bridgehead atoms. The molecule has 2 heteroatoms. The van der Waals surface area contributed by atoms with Gasteiger partial charge in [-0.1, -0.05) is 30.7 Å². The smallest absolute Gasteiger partial charge is 0.306 e. The number of carbonyl (C=O) groups is 1. The van der Waals surface area contributed by atoms with Gasteiger partial charge in [-0.2, -0.15) is 0 Å². The molecule has 0 radical (unpaired) electrons. The van der Waals surface area contributed by atoms with E-state index in [9.17, 15) is 4.79 Å². The van der Waals surface area contributed by atoms with Crippen LogP contribution in [-0.4, -0.2) is 11.1 Å². The molecule has 0 saturated carbocycles. The molecule has 2 nitrogen and oxygen atoms in total. The van der Waals surface area contributed by atoms with Crippen molar-refractivity contribution in [3.8, 4) is 0 Å². The highest BCUT2D eigenvalue weighted by Gasteiger charge is 2.12. The van der Waals surface area contributed by atoms with E-state index in [1.165, 1.54) is 0 Å². The van der Waals surface area contributed by atoms with Crippen LogP contribution in [-0.2, 0) is 4.79 Å². The Labute approximate surface area is 72.6 Å². The zero-order chi connectivity index (χ0) is 8.97. The molecule has 1 aliphatic rings. The molecule has 12 heavy (non-hydrogen) atoms. The minimum atomic E-state index is -0.713. The molecule has 0 aromatic heterocycles. The first-order valence-corrected chi connectivity index (χ1v) is 4.28. The van der Waals surface area contributed by atoms with Crippen LogP contribution < -0.4 is 0 Å². The van der Waals surface area contributed by atoms with Crippen LogP contribution in [0.1, 0.15) is 26.2 Å². The highest BCUT2D eigenvalue weighted by Crippen LogP contribution is 2.17. The maximum atomic E-state index is 10.5. The second kappa shape index (κ2) is 4.10. The summed E-state index contributed by atoms with van der Waals surface area (Å²) in [4.78, 5) is 10.5.